The predicted molar refractivity (Wildman–Crippen MR) is 121 cm³/mol. The van der Waals surface area contributed by atoms with Gasteiger partial charge in [-0.2, -0.15) is 0 Å². The Morgan fingerprint density at radius 3 is 2.45 bits per heavy atom. The summed E-state index contributed by atoms with van der Waals surface area (Å²) in [6.07, 6.45) is 5.62. The fraction of sp³-hybridized carbons (Fsp3) is 0.474. The zero-order valence-corrected chi connectivity index (χ0v) is 19.8. The van der Waals surface area contributed by atoms with Gasteiger partial charge in [0.25, 0.3) is 5.91 Å². The molecule has 1 aromatic heterocycles. The van der Waals surface area contributed by atoms with Crippen LogP contribution in [-0.2, 0) is 14.8 Å². The molecule has 0 bridgehead atoms. The molecule has 0 atom stereocenters. The average molecular weight is 484 g/mol. The van der Waals surface area contributed by atoms with Crippen molar-refractivity contribution < 1.29 is 18.0 Å². The number of aromatic nitrogens is 2. The van der Waals surface area contributed by atoms with E-state index in [0.29, 0.717) is 15.0 Å². The lowest BCUT2D eigenvalue weighted by Crippen LogP contribution is -2.37. The van der Waals surface area contributed by atoms with Crippen molar-refractivity contribution in [1.29, 1.82) is 0 Å². The van der Waals surface area contributed by atoms with Crippen LogP contribution in [0.15, 0.2) is 33.5 Å². The number of nitrogens with zero attached hydrogens (tertiary/aromatic N) is 3. The largest absolute Gasteiger partial charge is 0.353 e. The van der Waals surface area contributed by atoms with E-state index in [1.807, 2.05) is 0 Å². The lowest BCUT2D eigenvalue weighted by molar-refractivity contribution is -0.119. The fourth-order valence-electron chi connectivity index (χ4n) is 3.12. The molecule has 0 unspecified atom stereocenters. The number of hydrogen-bond donors (Lipinski definition) is 2. The van der Waals surface area contributed by atoms with Crippen LogP contribution in [0.3, 0.4) is 0 Å². The number of hydrogen-bond acceptors (Lipinski definition) is 8. The molecule has 0 spiro atoms. The SMILES string of the molecule is CN(C)S(=O)(=O)c1ccc(C(=O)Nc2nnc(SCC(=O)NC3CCCCC3)s2)cc1. The van der Waals surface area contributed by atoms with Crippen molar-refractivity contribution in [3.8, 4) is 0 Å². The lowest BCUT2D eigenvalue weighted by atomic mass is 9.95. The summed E-state index contributed by atoms with van der Waals surface area (Å²) in [5, 5.41) is 13.9. The van der Waals surface area contributed by atoms with Gasteiger partial charge in [-0.3, -0.25) is 14.9 Å². The average Bonchev–Trinajstić information content (AvgIpc) is 3.20. The smallest absolute Gasteiger partial charge is 0.257 e. The summed E-state index contributed by atoms with van der Waals surface area (Å²) < 4.78 is 25.9. The van der Waals surface area contributed by atoms with Crippen molar-refractivity contribution >= 4 is 50.1 Å². The highest BCUT2D eigenvalue weighted by molar-refractivity contribution is 8.01. The zero-order chi connectivity index (χ0) is 22.4. The Labute approximate surface area is 190 Å². The third-order valence-electron chi connectivity index (χ3n) is 4.82. The summed E-state index contributed by atoms with van der Waals surface area (Å²) in [4.78, 5) is 24.6. The highest BCUT2D eigenvalue weighted by atomic mass is 32.2. The quantitative estimate of drug-likeness (QED) is 0.437. The number of amides is 2. The van der Waals surface area contributed by atoms with Gasteiger partial charge in [-0.25, -0.2) is 12.7 Å². The van der Waals surface area contributed by atoms with Crippen molar-refractivity contribution in [2.24, 2.45) is 0 Å². The van der Waals surface area contributed by atoms with Crippen LogP contribution in [0, 0.1) is 0 Å². The molecule has 2 amide bonds. The van der Waals surface area contributed by atoms with Gasteiger partial charge >= 0.3 is 0 Å². The van der Waals surface area contributed by atoms with Crippen LogP contribution in [-0.4, -0.2) is 60.6 Å². The molecule has 12 heteroatoms. The molecular weight excluding hydrogens is 458 g/mol. The first-order valence-corrected chi connectivity index (χ1v) is 13.1. The number of benzene rings is 1. The summed E-state index contributed by atoms with van der Waals surface area (Å²) in [6.45, 7) is 0. The molecule has 0 radical (unpaired) electrons. The molecule has 1 saturated carbocycles. The molecule has 0 saturated heterocycles. The van der Waals surface area contributed by atoms with Gasteiger partial charge in [0.15, 0.2) is 4.34 Å². The number of anilines is 1. The van der Waals surface area contributed by atoms with Crippen LogP contribution in [0.4, 0.5) is 5.13 Å². The minimum Gasteiger partial charge on any atom is -0.353 e. The van der Waals surface area contributed by atoms with Crippen LogP contribution < -0.4 is 10.6 Å². The van der Waals surface area contributed by atoms with Gasteiger partial charge < -0.3 is 5.32 Å². The summed E-state index contributed by atoms with van der Waals surface area (Å²) in [7, 11) is -0.662. The number of sulfonamides is 1. The summed E-state index contributed by atoms with van der Waals surface area (Å²) in [5.41, 5.74) is 0.300. The monoisotopic (exact) mass is 483 g/mol. The molecule has 1 heterocycles. The Kier molecular flexibility index (Phi) is 8.03. The van der Waals surface area contributed by atoms with Crippen LogP contribution in [0.25, 0.3) is 0 Å². The maximum Gasteiger partial charge on any atom is 0.257 e. The van der Waals surface area contributed by atoms with Gasteiger partial charge in [-0.05, 0) is 37.1 Å². The third kappa shape index (κ3) is 6.48. The molecule has 2 aromatic rings. The maximum atomic E-state index is 12.4. The van der Waals surface area contributed by atoms with Crippen LogP contribution in [0.5, 0.6) is 0 Å². The number of nitrogens with one attached hydrogen (secondary N) is 2. The minimum atomic E-state index is -3.55. The Bertz CT molecular complexity index is 1020. The van der Waals surface area contributed by atoms with Crippen molar-refractivity contribution in [3.05, 3.63) is 29.8 Å². The molecule has 1 aliphatic carbocycles. The van der Waals surface area contributed by atoms with Crippen LogP contribution >= 0.6 is 23.1 Å². The molecular formula is C19H25N5O4S3. The third-order valence-corrected chi connectivity index (χ3v) is 8.62. The van der Waals surface area contributed by atoms with Gasteiger partial charge in [-0.1, -0.05) is 42.4 Å². The number of thioether (sulfide) groups is 1. The molecule has 1 aliphatic rings. The maximum absolute atomic E-state index is 12.4. The molecule has 3 rings (SSSR count). The van der Waals surface area contributed by atoms with Crippen molar-refractivity contribution in [2.75, 3.05) is 25.2 Å². The van der Waals surface area contributed by atoms with Gasteiger partial charge in [0.2, 0.25) is 21.1 Å². The molecule has 168 valence electrons. The van der Waals surface area contributed by atoms with E-state index in [0.717, 1.165) is 30.0 Å². The molecule has 31 heavy (non-hydrogen) atoms. The Morgan fingerprint density at radius 2 is 1.81 bits per heavy atom. The number of carbonyl (C=O) groups excluding carboxylic acids is 2. The second-order valence-electron chi connectivity index (χ2n) is 7.33. The van der Waals surface area contributed by atoms with Gasteiger partial charge in [0.05, 0.1) is 10.6 Å². The molecule has 2 N–H and O–H groups in total. The summed E-state index contributed by atoms with van der Waals surface area (Å²) in [6, 6.07) is 5.92. The Morgan fingerprint density at radius 1 is 1.13 bits per heavy atom. The number of rotatable bonds is 8. The topological polar surface area (TPSA) is 121 Å². The van der Waals surface area contributed by atoms with Crippen LogP contribution in [0.2, 0.25) is 0 Å². The standard InChI is InChI=1S/C19H25N5O4S3/c1-24(2)31(27,28)15-10-8-13(9-11-15)17(26)21-18-22-23-19(30-18)29-12-16(25)20-14-6-4-3-5-7-14/h8-11,14H,3-7,12H2,1-2H3,(H,20,25)(H,21,22,26). The highest BCUT2D eigenvalue weighted by Crippen LogP contribution is 2.26. The predicted octanol–water partition coefficient (Wildman–Crippen LogP) is 2.58. The van der Waals surface area contributed by atoms with E-state index in [4.69, 9.17) is 0 Å². The van der Waals surface area contributed by atoms with Gasteiger partial charge in [-0.15, -0.1) is 10.2 Å². The van der Waals surface area contributed by atoms with Crippen molar-refractivity contribution in [1.82, 2.24) is 19.8 Å². The van der Waals surface area contributed by atoms with E-state index in [-0.39, 0.29) is 22.6 Å². The van der Waals surface area contributed by atoms with Crippen molar-refractivity contribution in [2.45, 2.75) is 47.4 Å². The lowest BCUT2D eigenvalue weighted by Gasteiger charge is -2.22. The van der Waals surface area contributed by atoms with E-state index in [2.05, 4.69) is 20.8 Å². The highest BCUT2D eigenvalue weighted by Gasteiger charge is 2.19. The minimum absolute atomic E-state index is 0.0227. The summed E-state index contributed by atoms with van der Waals surface area (Å²) >= 11 is 2.46. The first-order valence-electron chi connectivity index (χ1n) is 9.85. The van der Waals surface area contributed by atoms with Gasteiger partial charge in [0, 0.05) is 25.7 Å². The first kappa shape index (κ1) is 23.6. The molecule has 0 aliphatic heterocycles. The Hall–Kier alpha value is -2.02. The van der Waals surface area contributed by atoms with E-state index in [1.165, 1.54) is 67.9 Å². The normalized spacial score (nSPS) is 15.1. The van der Waals surface area contributed by atoms with Crippen LogP contribution in [0.1, 0.15) is 42.5 Å². The second kappa shape index (κ2) is 10.5. The second-order valence-corrected chi connectivity index (χ2v) is 11.7. The summed E-state index contributed by atoms with van der Waals surface area (Å²) in [5.74, 6) is -0.192. The molecule has 1 aromatic carbocycles. The first-order chi connectivity index (χ1) is 14.8. The zero-order valence-electron chi connectivity index (χ0n) is 17.3. The van der Waals surface area contributed by atoms with E-state index >= 15 is 0 Å². The number of carbonyl (C=O) groups is 2. The molecule has 1 fully saturated rings. The van der Waals surface area contributed by atoms with Gasteiger partial charge in [0.1, 0.15) is 0 Å². The van der Waals surface area contributed by atoms with E-state index in [9.17, 15) is 18.0 Å². The Balaban J connectivity index is 1.51. The fourth-order valence-corrected chi connectivity index (χ4v) is 5.58. The molecule has 9 nitrogen and oxygen atoms in total. The van der Waals surface area contributed by atoms with Crippen molar-refractivity contribution in [3.63, 3.8) is 0 Å². The van der Waals surface area contributed by atoms with E-state index < -0.39 is 15.9 Å². The van der Waals surface area contributed by atoms with E-state index in [1.54, 1.807) is 0 Å².